The van der Waals surface area contributed by atoms with Gasteiger partial charge in [-0.2, -0.15) is 0 Å². The molecule has 0 amide bonds. The minimum absolute atomic E-state index is 0.129. The number of piperidine rings is 1. The Morgan fingerprint density at radius 1 is 1.30 bits per heavy atom. The highest BCUT2D eigenvalue weighted by molar-refractivity contribution is 4.83. The third-order valence-electron chi connectivity index (χ3n) is 4.41. The minimum atomic E-state index is 0.129. The van der Waals surface area contributed by atoms with Crippen LogP contribution in [0.25, 0.3) is 0 Å². The van der Waals surface area contributed by atoms with Crippen molar-refractivity contribution in [2.24, 2.45) is 5.92 Å². The summed E-state index contributed by atoms with van der Waals surface area (Å²) in [6.07, 6.45) is 3.64. The second-order valence-corrected chi connectivity index (χ2v) is 5.88. The first kappa shape index (κ1) is 16.2. The van der Waals surface area contributed by atoms with Crippen LogP contribution in [-0.2, 0) is 9.47 Å². The van der Waals surface area contributed by atoms with E-state index in [-0.39, 0.29) is 6.61 Å². The summed E-state index contributed by atoms with van der Waals surface area (Å²) < 4.78 is 11.3. The molecule has 0 saturated carbocycles. The van der Waals surface area contributed by atoms with Gasteiger partial charge in [0.25, 0.3) is 0 Å². The average Bonchev–Trinajstić information content (AvgIpc) is 2.49. The first-order valence-corrected chi connectivity index (χ1v) is 8.09. The van der Waals surface area contributed by atoms with Crippen molar-refractivity contribution in [3.8, 4) is 0 Å². The fourth-order valence-corrected chi connectivity index (χ4v) is 3.32. The number of hydrogen-bond donors (Lipinski definition) is 2. The van der Waals surface area contributed by atoms with Gasteiger partial charge in [0.05, 0.1) is 25.9 Å². The van der Waals surface area contributed by atoms with Gasteiger partial charge in [0.15, 0.2) is 0 Å². The van der Waals surface area contributed by atoms with E-state index in [2.05, 4.69) is 17.1 Å². The first-order chi connectivity index (χ1) is 9.83. The molecule has 2 aliphatic heterocycles. The molecule has 2 atom stereocenters. The van der Waals surface area contributed by atoms with Crippen LogP contribution in [0.15, 0.2) is 0 Å². The zero-order valence-electron chi connectivity index (χ0n) is 12.7. The number of aliphatic hydroxyl groups is 1. The van der Waals surface area contributed by atoms with Crippen LogP contribution in [0.3, 0.4) is 0 Å². The predicted octanol–water partition coefficient (Wildman–Crippen LogP) is 0.474. The summed E-state index contributed by atoms with van der Waals surface area (Å²) >= 11 is 0. The second-order valence-electron chi connectivity index (χ2n) is 5.88. The molecule has 0 aromatic heterocycles. The van der Waals surface area contributed by atoms with E-state index in [0.717, 1.165) is 58.7 Å². The van der Waals surface area contributed by atoms with E-state index in [1.807, 2.05) is 0 Å². The summed E-state index contributed by atoms with van der Waals surface area (Å²) in [5, 5.41) is 12.4. The van der Waals surface area contributed by atoms with E-state index in [1.165, 1.54) is 0 Å². The van der Waals surface area contributed by atoms with Crippen molar-refractivity contribution in [3.63, 3.8) is 0 Å². The zero-order chi connectivity index (χ0) is 14.2. The molecule has 0 bridgehead atoms. The minimum Gasteiger partial charge on any atom is -0.394 e. The number of hydrogen-bond acceptors (Lipinski definition) is 5. The number of ether oxygens (including phenoxy) is 2. The number of nitrogens with one attached hydrogen (secondary N) is 1. The molecular weight excluding hydrogens is 256 g/mol. The monoisotopic (exact) mass is 286 g/mol. The maximum absolute atomic E-state index is 8.79. The molecule has 2 rings (SSSR count). The highest BCUT2D eigenvalue weighted by Crippen LogP contribution is 2.20. The first-order valence-electron chi connectivity index (χ1n) is 8.09. The van der Waals surface area contributed by atoms with Gasteiger partial charge >= 0.3 is 0 Å². The fourth-order valence-electron chi connectivity index (χ4n) is 3.32. The number of likely N-dealkylation sites (tertiary alicyclic amines) is 1. The van der Waals surface area contributed by atoms with Crippen LogP contribution in [0, 0.1) is 5.92 Å². The Morgan fingerprint density at radius 2 is 2.10 bits per heavy atom. The Labute approximate surface area is 122 Å². The molecule has 0 aromatic rings. The summed E-state index contributed by atoms with van der Waals surface area (Å²) in [7, 11) is 0. The van der Waals surface area contributed by atoms with Gasteiger partial charge < -0.3 is 24.8 Å². The van der Waals surface area contributed by atoms with Crippen molar-refractivity contribution in [3.05, 3.63) is 0 Å². The maximum atomic E-state index is 8.79. The normalized spacial score (nSPS) is 29.7. The van der Waals surface area contributed by atoms with Gasteiger partial charge in [-0.05, 0) is 25.8 Å². The van der Waals surface area contributed by atoms with Crippen LogP contribution in [0.4, 0.5) is 0 Å². The maximum Gasteiger partial charge on any atom is 0.0701 e. The van der Waals surface area contributed by atoms with Crippen molar-refractivity contribution in [2.75, 3.05) is 52.6 Å². The summed E-state index contributed by atoms with van der Waals surface area (Å²) in [5.41, 5.74) is 0. The Balaban J connectivity index is 1.70. The van der Waals surface area contributed by atoms with Gasteiger partial charge in [-0.15, -0.1) is 0 Å². The van der Waals surface area contributed by atoms with Crippen LogP contribution in [-0.4, -0.2) is 74.8 Å². The molecule has 0 radical (unpaired) electrons. The van der Waals surface area contributed by atoms with Crippen LogP contribution < -0.4 is 5.32 Å². The smallest absolute Gasteiger partial charge is 0.0701 e. The number of rotatable bonds is 7. The molecule has 0 spiro atoms. The van der Waals surface area contributed by atoms with Gasteiger partial charge in [-0.1, -0.05) is 6.92 Å². The lowest BCUT2D eigenvalue weighted by Gasteiger charge is -2.38. The molecule has 5 nitrogen and oxygen atoms in total. The molecule has 0 aliphatic carbocycles. The second kappa shape index (κ2) is 8.95. The van der Waals surface area contributed by atoms with Gasteiger partial charge in [0.1, 0.15) is 0 Å². The van der Waals surface area contributed by atoms with Gasteiger partial charge in [0.2, 0.25) is 0 Å². The van der Waals surface area contributed by atoms with Crippen molar-refractivity contribution in [2.45, 2.75) is 38.3 Å². The number of nitrogens with zero attached hydrogens (tertiary/aromatic N) is 1. The molecular formula is C15H30N2O3. The number of aliphatic hydroxyl groups excluding tert-OH is 1. The van der Waals surface area contributed by atoms with Crippen molar-refractivity contribution in [1.29, 1.82) is 0 Å². The standard InChI is InChI=1S/C15H30N2O3/c1-2-16-15-5-9-19-12-13(15)11-17-6-3-14(4-7-17)20-10-8-18/h13-16,18H,2-12H2,1H3. The van der Waals surface area contributed by atoms with Crippen LogP contribution in [0.1, 0.15) is 26.2 Å². The quantitative estimate of drug-likeness (QED) is 0.713. The lowest BCUT2D eigenvalue weighted by atomic mass is 9.94. The molecule has 20 heavy (non-hydrogen) atoms. The van der Waals surface area contributed by atoms with E-state index in [0.29, 0.717) is 24.7 Å². The predicted molar refractivity (Wildman–Crippen MR) is 78.9 cm³/mol. The lowest BCUT2D eigenvalue weighted by molar-refractivity contribution is -0.0225. The summed E-state index contributed by atoms with van der Waals surface area (Å²) in [6.45, 7) is 8.94. The lowest BCUT2D eigenvalue weighted by Crippen LogP contribution is -2.49. The molecule has 2 fully saturated rings. The van der Waals surface area contributed by atoms with E-state index >= 15 is 0 Å². The van der Waals surface area contributed by atoms with E-state index in [9.17, 15) is 0 Å². The topological polar surface area (TPSA) is 54.0 Å². The van der Waals surface area contributed by atoms with E-state index < -0.39 is 0 Å². The van der Waals surface area contributed by atoms with Crippen molar-refractivity contribution < 1.29 is 14.6 Å². The Hall–Kier alpha value is -0.200. The molecule has 2 saturated heterocycles. The van der Waals surface area contributed by atoms with Gasteiger partial charge in [-0.25, -0.2) is 0 Å². The largest absolute Gasteiger partial charge is 0.394 e. The SMILES string of the molecule is CCNC1CCOCC1CN1CCC(OCCO)CC1. The molecule has 118 valence electrons. The van der Waals surface area contributed by atoms with Gasteiger partial charge in [-0.3, -0.25) is 0 Å². The Bertz CT molecular complexity index is 256. The van der Waals surface area contributed by atoms with E-state index in [4.69, 9.17) is 14.6 Å². The third-order valence-corrected chi connectivity index (χ3v) is 4.41. The molecule has 5 heteroatoms. The Morgan fingerprint density at radius 3 is 2.80 bits per heavy atom. The van der Waals surface area contributed by atoms with Crippen molar-refractivity contribution >= 4 is 0 Å². The fraction of sp³-hybridized carbons (Fsp3) is 1.00. The highest BCUT2D eigenvalue weighted by atomic mass is 16.5. The molecule has 2 unspecified atom stereocenters. The molecule has 2 aliphatic rings. The Kier molecular flexibility index (Phi) is 7.24. The van der Waals surface area contributed by atoms with Crippen molar-refractivity contribution in [1.82, 2.24) is 10.2 Å². The van der Waals surface area contributed by atoms with Gasteiger partial charge in [0, 0.05) is 38.2 Å². The molecule has 2 heterocycles. The molecule has 0 aromatic carbocycles. The third kappa shape index (κ3) is 4.97. The summed E-state index contributed by atoms with van der Waals surface area (Å²) in [6, 6.07) is 0.608. The molecule has 2 N–H and O–H groups in total. The van der Waals surface area contributed by atoms with Crippen LogP contribution in [0.5, 0.6) is 0 Å². The van der Waals surface area contributed by atoms with Crippen LogP contribution >= 0.6 is 0 Å². The highest BCUT2D eigenvalue weighted by Gasteiger charge is 2.28. The summed E-state index contributed by atoms with van der Waals surface area (Å²) in [5.74, 6) is 0.610. The van der Waals surface area contributed by atoms with Crippen LogP contribution in [0.2, 0.25) is 0 Å². The summed E-state index contributed by atoms with van der Waals surface area (Å²) in [4.78, 5) is 2.54. The zero-order valence-corrected chi connectivity index (χ0v) is 12.7. The average molecular weight is 286 g/mol. The van der Waals surface area contributed by atoms with E-state index in [1.54, 1.807) is 0 Å².